The maximum Gasteiger partial charge on any atom is 0.164 e. The number of ether oxygens (including phenoxy) is 3. The maximum atomic E-state index is 5.95. The molecule has 1 atom stereocenters. The Bertz CT molecular complexity index is 608. The highest BCUT2D eigenvalue weighted by atomic mass is 35.5. The van der Waals surface area contributed by atoms with Gasteiger partial charge in [-0.2, -0.15) is 0 Å². The molecule has 0 heterocycles. The van der Waals surface area contributed by atoms with Crippen LogP contribution in [0.15, 0.2) is 36.4 Å². The molecule has 0 spiro atoms. The van der Waals surface area contributed by atoms with E-state index in [4.69, 9.17) is 25.8 Å². The Hall–Kier alpha value is -1.87. The average molecular weight is 307 g/mol. The third kappa shape index (κ3) is 3.24. The molecule has 0 aliphatic carbocycles. The first kappa shape index (κ1) is 15.5. The minimum atomic E-state index is 0.150. The van der Waals surface area contributed by atoms with E-state index in [0.29, 0.717) is 11.5 Å². The molecular weight excluding hydrogens is 288 g/mol. The fourth-order valence-electron chi connectivity index (χ4n) is 2.32. The third-order valence-corrected chi connectivity index (χ3v) is 3.82. The molecule has 0 saturated heterocycles. The zero-order valence-electron chi connectivity index (χ0n) is 12.6. The molecule has 3 nitrogen and oxygen atoms in total. The van der Waals surface area contributed by atoms with Gasteiger partial charge in [-0.05, 0) is 23.8 Å². The summed E-state index contributed by atoms with van der Waals surface area (Å²) < 4.78 is 16.2. The predicted octanol–water partition coefficient (Wildman–Crippen LogP) is 4.52. The molecule has 0 aliphatic heterocycles. The molecular formula is C17H19ClO3. The summed E-state index contributed by atoms with van der Waals surface area (Å²) in [6, 6.07) is 11.6. The third-order valence-electron chi connectivity index (χ3n) is 3.57. The summed E-state index contributed by atoms with van der Waals surface area (Å²) in [6.07, 6.45) is 0. The fraction of sp³-hybridized carbons (Fsp3) is 0.294. The van der Waals surface area contributed by atoms with Gasteiger partial charge in [0.1, 0.15) is 5.75 Å². The first-order chi connectivity index (χ1) is 10.1. The topological polar surface area (TPSA) is 27.7 Å². The van der Waals surface area contributed by atoms with Crippen molar-refractivity contribution in [1.29, 1.82) is 0 Å². The van der Waals surface area contributed by atoms with E-state index < -0.39 is 0 Å². The Balaban J connectivity index is 2.48. The van der Waals surface area contributed by atoms with Crippen molar-refractivity contribution in [3.8, 4) is 17.2 Å². The van der Waals surface area contributed by atoms with Gasteiger partial charge in [-0.15, -0.1) is 0 Å². The van der Waals surface area contributed by atoms with Crippen molar-refractivity contribution in [2.45, 2.75) is 12.8 Å². The number of methoxy groups -OCH3 is 3. The van der Waals surface area contributed by atoms with Crippen LogP contribution in [0, 0.1) is 0 Å². The zero-order chi connectivity index (χ0) is 15.4. The van der Waals surface area contributed by atoms with Crippen molar-refractivity contribution in [1.82, 2.24) is 0 Å². The van der Waals surface area contributed by atoms with Crippen molar-refractivity contribution in [3.05, 3.63) is 52.5 Å². The molecule has 0 fully saturated rings. The minimum Gasteiger partial charge on any atom is -0.496 e. The van der Waals surface area contributed by atoms with Crippen molar-refractivity contribution in [2.75, 3.05) is 21.3 Å². The normalized spacial score (nSPS) is 11.9. The highest BCUT2D eigenvalue weighted by molar-refractivity contribution is 6.30. The Labute approximate surface area is 130 Å². The number of hydrogen-bond acceptors (Lipinski definition) is 3. The maximum absolute atomic E-state index is 5.95. The van der Waals surface area contributed by atoms with Crippen LogP contribution in [0.5, 0.6) is 17.2 Å². The average Bonchev–Trinajstić information content (AvgIpc) is 2.53. The molecule has 0 saturated carbocycles. The molecule has 0 N–H and O–H groups in total. The van der Waals surface area contributed by atoms with Gasteiger partial charge in [-0.1, -0.05) is 30.7 Å². The van der Waals surface area contributed by atoms with Crippen molar-refractivity contribution in [3.63, 3.8) is 0 Å². The van der Waals surface area contributed by atoms with E-state index in [1.165, 1.54) is 0 Å². The van der Waals surface area contributed by atoms with Crippen LogP contribution in [0.4, 0.5) is 0 Å². The van der Waals surface area contributed by atoms with Crippen molar-refractivity contribution in [2.24, 2.45) is 0 Å². The lowest BCUT2D eigenvalue weighted by molar-refractivity contribution is 0.347. The van der Waals surface area contributed by atoms with E-state index >= 15 is 0 Å². The molecule has 21 heavy (non-hydrogen) atoms. The summed E-state index contributed by atoms with van der Waals surface area (Å²) in [5.74, 6) is 2.27. The van der Waals surface area contributed by atoms with Crippen LogP contribution in [-0.4, -0.2) is 21.3 Å². The summed E-state index contributed by atoms with van der Waals surface area (Å²) in [4.78, 5) is 0. The summed E-state index contributed by atoms with van der Waals surface area (Å²) >= 11 is 5.95. The van der Waals surface area contributed by atoms with Crippen LogP contribution in [0.3, 0.4) is 0 Å². The molecule has 0 radical (unpaired) electrons. The smallest absolute Gasteiger partial charge is 0.164 e. The zero-order valence-corrected chi connectivity index (χ0v) is 13.4. The molecule has 1 unspecified atom stereocenters. The predicted molar refractivity (Wildman–Crippen MR) is 85.1 cm³/mol. The number of benzene rings is 2. The summed E-state index contributed by atoms with van der Waals surface area (Å²) in [5.41, 5.74) is 2.20. The first-order valence-electron chi connectivity index (χ1n) is 6.66. The van der Waals surface area contributed by atoms with E-state index in [1.807, 2.05) is 36.4 Å². The Morgan fingerprint density at radius 3 is 1.86 bits per heavy atom. The number of hydrogen-bond donors (Lipinski definition) is 0. The first-order valence-corrected chi connectivity index (χ1v) is 7.03. The van der Waals surface area contributed by atoms with Gasteiger partial charge >= 0.3 is 0 Å². The monoisotopic (exact) mass is 306 g/mol. The van der Waals surface area contributed by atoms with E-state index in [1.54, 1.807) is 21.3 Å². The van der Waals surface area contributed by atoms with Gasteiger partial charge in [0.05, 0.1) is 21.3 Å². The summed E-state index contributed by atoms with van der Waals surface area (Å²) in [5, 5.41) is 0.727. The van der Waals surface area contributed by atoms with Gasteiger partial charge in [0.15, 0.2) is 11.5 Å². The highest BCUT2D eigenvalue weighted by Gasteiger charge is 2.18. The Morgan fingerprint density at radius 2 is 1.33 bits per heavy atom. The standard InChI is InChI=1S/C17H19ClO3/c1-11(12-5-7-13(18)8-6-12)14-9-16(20-3)17(21-4)10-15(14)19-2/h5-11H,1-4H3. The van der Waals surface area contributed by atoms with Crippen LogP contribution >= 0.6 is 11.6 Å². The van der Waals surface area contributed by atoms with Crippen LogP contribution in [0.2, 0.25) is 5.02 Å². The summed E-state index contributed by atoms with van der Waals surface area (Å²) in [6.45, 7) is 2.12. The van der Waals surface area contributed by atoms with Gasteiger partial charge in [-0.3, -0.25) is 0 Å². The molecule has 4 heteroatoms. The molecule has 2 rings (SSSR count). The quantitative estimate of drug-likeness (QED) is 0.813. The lowest BCUT2D eigenvalue weighted by Crippen LogP contribution is -2.02. The minimum absolute atomic E-state index is 0.150. The SMILES string of the molecule is COc1cc(OC)c(C(C)c2ccc(Cl)cc2)cc1OC. The Morgan fingerprint density at radius 1 is 0.810 bits per heavy atom. The van der Waals surface area contributed by atoms with E-state index in [9.17, 15) is 0 Å². The van der Waals surface area contributed by atoms with Crippen LogP contribution in [-0.2, 0) is 0 Å². The van der Waals surface area contributed by atoms with Crippen LogP contribution in [0.1, 0.15) is 24.0 Å². The lowest BCUT2D eigenvalue weighted by atomic mass is 9.92. The molecule has 0 bridgehead atoms. The van der Waals surface area contributed by atoms with Crippen LogP contribution in [0.25, 0.3) is 0 Å². The number of rotatable bonds is 5. The molecule has 0 aliphatic rings. The van der Waals surface area contributed by atoms with E-state index in [0.717, 1.165) is 21.9 Å². The van der Waals surface area contributed by atoms with E-state index in [2.05, 4.69) is 6.92 Å². The molecule has 2 aromatic rings. The van der Waals surface area contributed by atoms with Crippen LogP contribution < -0.4 is 14.2 Å². The second kappa shape index (κ2) is 6.72. The summed E-state index contributed by atoms with van der Waals surface area (Å²) in [7, 11) is 4.89. The largest absolute Gasteiger partial charge is 0.496 e. The number of halogens is 1. The van der Waals surface area contributed by atoms with E-state index in [-0.39, 0.29) is 5.92 Å². The second-order valence-corrected chi connectivity index (χ2v) is 5.16. The molecule has 0 aromatic heterocycles. The van der Waals surface area contributed by atoms with Gasteiger partial charge in [0, 0.05) is 22.6 Å². The van der Waals surface area contributed by atoms with Crippen molar-refractivity contribution >= 4 is 11.6 Å². The Kier molecular flexibility index (Phi) is 4.97. The van der Waals surface area contributed by atoms with Gasteiger partial charge in [0.25, 0.3) is 0 Å². The van der Waals surface area contributed by atoms with Gasteiger partial charge < -0.3 is 14.2 Å². The van der Waals surface area contributed by atoms with Crippen molar-refractivity contribution < 1.29 is 14.2 Å². The van der Waals surface area contributed by atoms with Gasteiger partial charge in [-0.25, -0.2) is 0 Å². The van der Waals surface area contributed by atoms with Gasteiger partial charge in [0.2, 0.25) is 0 Å². The second-order valence-electron chi connectivity index (χ2n) is 4.72. The molecule has 0 amide bonds. The molecule has 2 aromatic carbocycles. The lowest BCUT2D eigenvalue weighted by Gasteiger charge is -2.19. The molecule has 112 valence electrons. The fourth-order valence-corrected chi connectivity index (χ4v) is 2.45. The highest BCUT2D eigenvalue weighted by Crippen LogP contribution is 2.40.